The molecule has 2 nitrogen and oxygen atoms in total. The monoisotopic (exact) mass is 310 g/mol. The lowest BCUT2D eigenvalue weighted by atomic mass is 10.0. The minimum absolute atomic E-state index is 0.406. The summed E-state index contributed by atoms with van der Waals surface area (Å²) in [7, 11) is 0. The van der Waals surface area contributed by atoms with E-state index in [0.717, 1.165) is 26.1 Å². The first-order valence-electron chi connectivity index (χ1n) is 8.78. The Bertz CT molecular complexity index is 592. The molecule has 1 unspecified atom stereocenters. The van der Waals surface area contributed by atoms with Crippen molar-refractivity contribution < 1.29 is 0 Å². The zero-order chi connectivity index (χ0) is 16.7. The second-order valence-electron chi connectivity index (χ2n) is 6.23. The highest BCUT2D eigenvalue weighted by molar-refractivity contribution is 5.53. The Morgan fingerprint density at radius 2 is 1.78 bits per heavy atom. The topological polar surface area (TPSA) is 15.3 Å². The standard InChI is InChI=1S/C21H30N2/c1-5-14-22-21-15-20(13-12-17(21)3)18(4)23(6-2)16-19-10-8-7-9-11-19/h7-13,15,18,22H,5-6,14,16H2,1-4H3. The fraction of sp³-hybridized carbons (Fsp3) is 0.429. The van der Waals surface area contributed by atoms with Crippen LogP contribution in [0.1, 0.15) is 49.9 Å². The number of benzene rings is 2. The van der Waals surface area contributed by atoms with Crippen LogP contribution in [0, 0.1) is 6.92 Å². The summed E-state index contributed by atoms with van der Waals surface area (Å²) in [6.45, 7) is 12.0. The van der Waals surface area contributed by atoms with Crippen LogP contribution in [0.25, 0.3) is 0 Å². The maximum Gasteiger partial charge on any atom is 0.0373 e. The number of aryl methyl sites for hydroxylation is 1. The molecule has 0 fully saturated rings. The van der Waals surface area contributed by atoms with Crippen molar-refractivity contribution in [2.45, 2.75) is 46.7 Å². The summed E-state index contributed by atoms with van der Waals surface area (Å²) in [6.07, 6.45) is 1.15. The summed E-state index contributed by atoms with van der Waals surface area (Å²) < 4.78 is 0. The fourth-order valence-electron chi connectivity index (χ4n) is 2.90. The molecule has 2 aromatic rings. The van der Waals surface area contributed by atoms with Crippen LogP contribution in [-0.4, -0.2) is 18.0 Å². The number of rotatable bonds is 8. The average Bonchev–Trinajstić information content (AvgIpc) is 2.59. The van der Waals surface area contributed by atoms with Gasteiger partial charge in [-0.3, -0.25) is 4.90 Å². The van der Waals surface area contributed by atoms with Gasteiger partial charge in [0.05, 0.1) is 0 Å². The van der Waals surface area contributed by atoms with Gasteiger partial charge in [-0.15, -0.1) is 0 Å². The molecule has 0 saturated carbocycles. The van der Waals surface area contributed by atoms with Gasteiger partial charge in [0.25, 0.3) is 0 Å². The highest BCUT2D eigenvalue weighted by atomic mass is 15.1. The van der Waals surface area contributed by atoms with Gasteiger partial charge in [0.15, 0.2) is 0 Å². The second-order valence-corrected chi connectivity index (χ2v) is 6.23. The van der Waals surface area contributed by atoms with Crippen LogP contribution in [-0.2, 0) is 6.54 Å². The Balaban J connectivity index is 2.15. The third kappa shape index (κ3) is 4.84. The molecule has 0 aliphatic carbocycles. The summed E-state index contributed by atoms with van der Waals surface area (Å²) in [5, 5.41) is 3.55. The van der Waals surface area contributed by atoms with Crippen molar-refractivity contribution in [3.63, 3.8) is 0 Å². The van der Waals surface area contributed by atoms with E-state index in [1.54, 1.807) is 0 Å². The first-order valence-corrected chi connectivity index (χ1v) is 8.78. The number of nitrogens with zero attached hydrogens (tertiary/aromatic N) is 1. The van der Waals surface area contributed by atoms with Gasteiger partial charge in [-0.25, -0.2) is 0 Å². The van der Waals surface area contributed by atoms with Gasteiger partial charge in [0, 0.05) is 24.8 Å². The Labute approximate surface area is 141 Å². The van der Waals surface area contributed by atoms with Crippen LogP contribution < -0.4 is 5.32 Å². The molecule has 1 N–H and O–H groups in total. The molecule has 1 atom stereocenters. The van der Waals surface area contributed by atoms with Crippen LogP contribution in [0.15, 0.2) is 48.5 Å². The maximum absolute atomic E-state index is 3.55. The molecule has 0 heterocycles. The molecule has 0 spiro atoms. The van der Waals surface area contributed by atoms with E-state index in [1.807, 2.05) is 0 Å². The molecule has 0 saturated heterocycles. The normalized spacial score (nSPS) is 12.4. The molecule has 0 aliphatic heterocycles. The largest absolute Gasteiger partial charge is 0.385 e. The predicted octanol–water partition coefficient (Wildman–Crippen LogP) is 5.40. The summed E-state index contributed by atoms with van der Waals surface area (Å²) in [5.74, 6) is 0. The molecule has 0 bridgehead atoms. The smallest absolute Gasteiger partial charge is 0.0373 e. The van der Waals surface area contributed by atoms with E-state index in [4.69, 9.17) is 0 Å². The summed E-state index contributed by atoms with van der Waals surface area (Å²) in [6, 6.07) is 18.0. The van der Waals surface area contributed by atoms with E-state index in [2.05, 4.69) is 86.4 Å². The van der Waals surface area contributed by atoms with E-state index in [9.17, 15) is 0 Å². The van der Waals surface area contributed by atoms with E-state index < -0.39 is 0 Å². The van der Waals surface area contributed by atoms with Gasteiger partial charge in [-0.1, -0.05) is 56.3 Å². The first-order chi connectivity index (χ1) is 11.2. The van der Waals surface area contributed by atoms with E-state index >= 15 is 0 Å². The SMILES string of the molecule is CCCNc1cc(C(C)N(CC)Cc2ccccc2)ccc1C. The molecule has 2 rings (SSSR count). The molecule has 0 aromatic heterocycles. The lowest BCUT2D eigenvalue weighted by Crippen LogP contribution is -2.26. The summed E-state index contributed by atoms with van der Waals surface area (Å²) in [5.41, 5.74) is 5.34. The van der Waals surface area contributed by atoms with Crippen LogP contribution in [0.2, 0.25) is 0 Å². The molecule has 2 aromatic carbocycles. The molecule has 23 heavy (non-hydrogen) atoms. The van der Waals surface area contributed by atoms with Gasteiger partial charge in [0.1, 0.15) is 0 Å². The quantitative estimate of drug-likeness (QED) is 0.702. The van der Waals surface area contributed by atoms with Gasteiger partial charge in [-0.2, -0.15) is 0 Å². The molecule has 0 radical (unpaired) electrons. The highest BCUT2D eigenvalue weighted by Crippen LogP contribution is 2.26. The van der Waals surface area contributed by atoms with Crippen LogP contribution >= 0.6 is 0 Å². The minimum atomic E-state index is 0.406. The number of hydrogen-bond donors (Lipinski definition) is 1. The van der Waals surface area contributed by atoms with Gasteiger partial charge >= 0.3 is 0 Å². The first kappa shape index (κ1) is 17.6. The Morgan fingerprint density at radius 1 is 1.04 bits per heavy atom. The average molecular weight is 310 g/mol. The van der Waals surface area contributed by atoms with Crippen molar-refractivity contribution in [1.82, 2.24) is 4.90 Å². The van der Waals surface area contributed by atoms with Gasteiger partial charge in [-0.05, 0) is 49.6 Å². The Hall–Kier alpha value is -1.80. The number of anilines is 1. The molecule has 0 aliphatic rings. The van der Waals surface area contributed by atoms with Crippen LogP contribution in [0.4, 0.5) is 5.69 Å². The minimum Gasteiger partial charge on any atom is -0.385 e. The van der Waals surface area contributed by atoms with Crippen molar-refractivity contribution in [3.8, 4) is 0 Å². The van der Waals surface area contributed by atoms with Crippen molar-refractivity contribution in [1.29, 1.82) is 0 Å². The van der Waals surface area contributed by atoms with Crippen LogP contribution in [0.3, 0.4) is 0 Å². The highest BCUT2D eigenvalue weighted by Gasteiger charge is 2.15. The van der Waals surface area contributed by atoms with Gasteiger partial charge < -0.3 is 5.32 Å². The van der Waals surface area contributed by atoms with E-state index in [-0.39, 0.29) is 0 Å². The third-order valence-electron chi connectivity index (χ3n) is 4.49. The predicted molar refractivity (Wildman–Crippen MR) is 101 cm³/mol. The maximum atomic E-state index is 3.55. The number of hydrogen-bond acceptors (Lipinski definition) is 2. The summed E-state index contributed by atoms with van der Waals surface area (Å²) in [4.78, 5) is 2.52. The van der Waals surface area contributed by atoms with E-state index in [0.29, 0.717) is 6.04 Å². The zero-order valence-electron chi connectivity index (χ0n) is 15.0. The lowest BCUT2D eigenvalue weighted by molar-refractivity contribution is 0.213. The second kappa shape index (κ2) is 8.73. The molecule has 124 valence electrons. The van der Waals surface area contributed by atoms with Crippen molar-refractivity contribution in [2.75, 3.05) is 18.4 Å². The third-order valence-corrected chi connectivity index (χ3v) is 4.49. The number of nitrogens with one attached hydrogen (secondary N) is 1. The van der Waals surface area contributed by atoms with Crippen molar-refractivity contribution in [3.05, 3.63) is 65.2 Å². The van der Waals surface area contributed by atoms with Crippen molar-refractivity contribution in [2.24, 2.45) is 0 Å². The fourth-order valence-corrected chi connectivity index (χ4v) is 2.90. The van der Waals surface area contributed by atoms with Crippen molar-refractivity contribution >= 4 is 5.69 Å². The summed E-state index contributed by atoms with van der Waals surface area (Å²) >= 11 is 0. The molecular weight excluding hydrogens is 280 g/mol. The van der Waals surface area contributed by atoms with Gasteiger partial charge in [0.2, 0.25) is 0 Å². The molecular formula is C21H30N2. The Kier molecular flexibility index (Phi) is 6.66. The zero-order valence-corrected chi connectivity index (χ0v) is 15.0. The lowest BCUT2D eigenvalue weighted by Gasteiger charge is -2.29. The molecule has 0 amide bonds. The van der Waals surface area contributed by atoms with Crippen LogP contribution in [0.5, 0.6) is 0 Å². The Morgan fingerprint density at radius 3 is 2.43 bits per heavy atom. The molecule has 2 heteroatoms. The van der Waals surface area contributed by atoms with E-state index in [1.165, 1.54) is 22.4 Å².